The van der Waals surface area contributed by atoms with Gasteiger partial charge in [-0.05, 0) is 48.7 Å². The number of hydrogen-bond acceptors (Lipinski definition) is 4. The summed E-state index contributed by atoms with van der Waals surface area (Å²) in [5, 5.41) is 10.4. The molecule has 120 valence electrons. The molecule has 2 aromatic carbocycles. The molecule has 0 aliphatic carbocycles. The van der Waals surface area contributed by atoms with Gasteiger partial charge in [-0.1, -0.05) is 41.5 Å². The molecule has 1 amide bonds. The molecule has 0 atom stereocenters. The number of benzene rings is 2. The van der Waals surface area contributed by atoms with Crippen LogP contribution in [0.2, 0.25) is 0 Å². The summed E-state index contributed by atoms with van der Waals surface area (Å²) in [5.41, 5.74) is 4.10. The van der Waals surface area contributed by atoms with Crippen LogP contribution in [-0.4, -0.2) is 16.1 Å². The van der Waals surface area contributed by atoms with E-state index in [1.165, 1.54) is 11.6 Å². The Hall–Kier alpha value is -3.21. The molecule has 0 aliphatic rings. The van der Waals surface area contributed by atoms with E-state index in [1.807, 2.05) is 62.4 Å². The van der Waals surface area contributed by atoms with E-state index in [2.05, 4.69) is 15.5 Å². The molecule has 0 aliphatic heterocycles. The Kier molecular flexibility index (Phi) is 4.52. The Morgan fingerprint density at radius 2 is 1.83 bits per heavy atom. The molecule has 0 spiro atoms. The van der Waals surface area contributed by atoms with Gasteiger partial charge in [-0.2, -0.15) is 0 Å². The summed E-state index contributed by atoms with van der Waals surface area (Å²) in [6.07, 6.45) is 3.14. The predicted molar refractivity (Wildman–Crippen MR) is 93.3 cm³/mol. The first-order chi connectivity index (χ1) is 11.6. The summed E-state index contributed by atoms with van der Waals surface area (Å²) >= 11 is 0. The van der Waals surface area contributed by atoms with Crippen molar-refractivity contribution in [1.29, 1.82) is 0 Å². The van der Waals surface area contributed by atoms with E-state index in [0.717, 1.165) is 16.7 Å². The smallest absolute Gasteiger partial charge is 0.322 e. The molecule has 1 N–H and O–H groups in total. The number of nitrogens with one attached hydrogen (secondary N) is 1. The van der Waals surface area contributed by atoms with Crippen LogP contribution >= 0.6 is 0 Å². The van der Waals surface area contributed by atoms with E-state index in [9.17, 15) is 4.79 Å². The van der Waals surface area contributed by atoms with Gasteiger partial charge in [-0.3, -0.25) is 10.1 Å². The number of nitrogens with zero attached hydrogens (tertiary/aromatic N) is 2. The molecular formula is C19H17N3O2. The molecule has 0 saturated heterocycles. The highest BCUT2D eigenvalue weighted by molar-refractivity contribution is 6.00. The fraction of sp³-hybridized carbons (Fsp3) is 0.105. The summed E-state index contributed by atoms with van der Waals surface area (Å²) < 4.78 is 5.50. The molecule has 0 radical (unpaired) electrons. The Bertz CT molecular complexity index is 883. The van der Waals surface area contributed by atoms with Crippen LogP contribution in [0.4, 0.5) is 6.01 Å². The number of aromatic nitrogens is 2. The average molecular weight is 319 g/mol. The van der Waals surface area contributed by atoms with Crippen molar-refractivity contribution in [2.75, 3.05) is 5.32 Å². The Labute approximate surface area is 140 Å². The first-order valence-corrected chi connectivity index (χ1v) is 7.57. The van der Waals surface area contributed by atoms with E-state index in [4.69, 9.17) is 4.42 Å². The highest BCUT2D eigenvalue weighted by Crippen LogP contribution is 2.22. The number of carbonyl (C=O) groups is 1. The Morgan fingerprint density at radius 1 is 1.04 bits per heavy atom. The molecule has 5 nitrogen and oxygen atoms in total. The minimum atomic E-state index is -0.325. The first-order valence-electron chi connectivity index (χ1n) is 7.57. The number of rotatable bonds is 4. The van der Waals surface area contributed by atoms with Gasteiger partial charge in [0.15, 0.2) is 0 Å². The van der Waals surface area contributed by atoms with Crippen LogP contribution in [0.5, 0.6) is 0 Å². The zero-order valence-electron chi connectivity index (χ0n) is 13.5. The molecule has 5 heteroatoms. The van der Waals surface area contributed by atoms with Crippen LogP contribution in [0.15, 0.2) is 59.0 Å². The van der Waals surface area contributed by atoms with Gasteiger partial charge < -0.3 is 4.42 Å². The maximum atomic E-state index is 11.9. The van der Waals surface area contributed by atoms with Gasteiger partial charge in [0.25, 0.3) is 5.91 Å². The minimum Gasteiger partial charge on any atom is -0.403 e. The van der Waals surface area contributed by atoms with Crippen molar-refractivity contribution in [2.45, 2.75) is 13.8 Å². The van der Waals surface area contributed by atoms with E-state index < -0.39 is 0 Å². The van der Waals surface area contributed by atoms with E-state index >= 15 is 0 Å². The van der Waals surface area contributed by atoms with Gasteiger partial charge in [0.05, 0.1) is 0 Å². The predicted octanol–water partition coefficient (Wildman–Crippen LogP) is 4.01. The van der Waals surface area contributed by atoms with E-state index in [1.54, 1.807) is 6.08 Å². The lowest BCUT2D eigenvalue weighted by molar-refractivity contribution is -0.112. The molecule has 24 heavy (non-hydrogen) atoms. The number of anilines is 1. The van der Waals surface area contributed by atoms with Crippen LogP contribution in [0, 0.1) is 13.8 Å². The van der Waals surface area contributed by atoms with Crippen LogP contribution in [0.3, 0.4) is 0 Å². The normalized spacial score (nSPS) is 10.9. The molecule has 1 aromatic heterocycles. The number of hydrogen-bond donors (Lipinski definition) is 1. The lowest BCUT2D eigenvalue weighted by atomic mass is 10.1. The number of carbonyl (C=O) groups excluding carboxylic acids is 1. The van der Waals surface area contributed by atoms with Gasteiger partial charge in [0, 0.05) is 11.6 Å². The van der Waals surface area contributed by atoms with Gasteiger partial charge in [-0.15, -0.1) is 5.10 Å². The number of amides is 1. The quantitative estimate of drug-likeness (QED) is 0.738. The average Bonchev–Trinajstić information content (AvgIpc) is 3.05. The molecule has 1 heterocycles. The third-order valence-electron chi connectivity index (χ3n) is 3.64. The molecule has 3 aromatic rings. The first kappa shape index (κ1) is 15.7. The molecule has 3 rings (SSSR count). The standard InChI is InChI=1S/C19H17N3O2/c1-13-8-10-16(12-14(13)2)18-21-22-19(24-18)20-17(23)11-9-15-6-4-3-5-7-15/h3-12H,1-2H3,(H,20,22,23)/b11-9+. The summed E-state index contributed by atoms with van der Waals surface area (Å²) in [7, 11) is 0. The van der Waals surface area contributed by atoms with Gasteiger partial charge in [-0.25, -0.2) is 0 Å². The molecule has 0 saturated carbocycles. The van der Waals surface area contributed by atoms with Gasteiger partial charge in [0.1, 0.15) is 0 Å². The SMILES string of the molecule is Cc1ccc(-c2nnc(NC(=O)/C=C/c3ccccc3)o2)cc1C. The monoisotopic (exact) mass is 319 g/mol. The Balaban J connectivity index is 1.68. The van der Waals surface area contributed by atoms with Gasteiger partial charge >= 0.3 is 6.01 Å². The van der Waals surface area contributed by atoms with Crippen LogP contribution in [0.1, 0.15) is 16.7 Å². The zero-order valence-corrected chi connectivity index (χ0v) is 13.5. The summed E-state index contributed by atoms with van der Waals surface area (Å²) in [5.74, 6) is 0.0505. The van der Waals surface area contributed by atoms with Crippen molar-refractivity contribution in [3.8, 4) is 11.5 Å². The van der Waals surface area contributed by atoms with E-state index in [0.29, 0.717) is 5.89 Å². The van der Waals surface area contributed by atoms with Gasteiger partial charge in [0.2, 0.25) is 5.89 Å². The second-order valence-electron chi connectivity index (χ2n) is 5.44. The second kappa shape index (κ2) is 6.91. The molecule has 0 unspecified atom stereocenters. The second-order valence-corrected chi connectivity index (χ2v) is 5.44. The fourth-order valence-electron chi connectivity index (χ4n) is 2.15. The zero-order chi connectivity index (χ0) is 16.9. The summed E-state index contributed by atoms with van der Waals surface area (Å²) in [4.78, 5) is 11.9. The van der Waals surface area contributed by atoms with Crippen molar-refractivity contribution in [3.63, 3.8) is 0 Å². The Morgan fingerprint density at radius 3 is 2.58 bits per heavy atom. The highest BCUT2D eigenvalue weighted by atomic mass is 16.4. The third kappa shape index (κ3) is 3.76. The summed E-state index contributed by atoms with van der Waals surface area (Å²) in [6, 6.07) is 15.5. The summed E-state index contributed by atoms with van der Waals surface area (Å²) in [6.45, 7) is 4.06. The van der Waals surface area contributed by atoms with Crippen LogP contribution in [-0.2, 0) is 4.79 Å². The van der Waals surface area contributed by atoms with Crippen molar-refractivity contribution < 1.29 is 9.21 Å². The third-order valence-corrected chi connectivity index (χ3v) is 3.64. The van der Waals surface area contributed by atoms with Crippen molar-refractivity contribution >= 4 is 18.0 Å². The van der Waals surface area contributed by atoms with Crippen molar-refractivity contribution in [3.05, 3.63) is 71.3 Å². The van der Waals surface area contributed by atoms with E-state index in [-0.39, 0.29) is 11.9 Å². The lowest BCUT2D eigenvalue weighted by Crippen LogP contribution is -2.07. The van der Waals surface area contributed by atoms with Crippen LogP contribution < -0.4 is 5.32 Å². The maximum Gasteiger partial charge on any atom is 0.322 e. The van der Waals surface area contributed by atoms with Crippen LogP contribution in [0.25, 0.3) is 17.5 Å². The fourth-order valence-corrected chi connectivity index (χ4v) is 2.15. The van der Waals surface area contributed by atoms with Crippen molar-refractivity contribution in [2.24, 2.45) is 0 Å². The topological polar surface area (TPSA) is 68.0 Å². The molecule has 0 bridgehead atoms. The highest BCUT2D eigenvalue weighted by Gasteiger charge is 2.10. The lowest BCUT2D eigenvalue weighted by Gasteiger charge is -2.00. The largest absolute Gasteiger partial charge is 0.403 e. The minimum absolute atomic E-state index is 0.0749. The molecular weight excluding hydrogens is 302 g/mol. The number of aryl methyl sites for hydroxylation is 2. The van der Waals surface area contributed by atoms with Crippen molar-refractivity contribution in [1.82, 2.24) is 10.2 Å². The maximum absolute atomic E-state index is 11.9. The molecule has 0 fully saturated rings.